The van der Waals surface area contributed by atoms with Crippen molar-refractivity contribution in [2.75, 3.05) is 26.4 Å². The van der Waals surface area contributed by atoms with Gasteiger partial charge in [0.25, 0.3) is 0 Å². The highest BCUT2D eigenvalue weighted by Crippen LogP contribution is 2.33. The Hall–Kier alpha value is -1.99. The van der Waals surface area contributed by atoms with Crippen LogP contribution < -0.4 is 5.32 Å². The fraction of sp³-hybridized carbons (Fsp3) is 0.844. The van der Waals surface area contributed by atoms with E-state index in [1.54, 1.807) is 12.2 Å². The molecule has 1 amide bonds. The molecule has 3 aliphatic rings. The number of amides is 1. The number of carbonyl (C=O) groups is 1. The van der Waals surface area contributed by atoms with Crippen LogP contribution in [0.2, 0.25) is 0 Å². The normalized spacial score (nSPS) is 34.8. The van der Waals surface area contributed by atoms with Gasteiger partial charge in [-0.15, -0.1) is 0 Å². The number of aliphatic hydroxyl groups is 11. The van der Waals surface area contributed by atoms with E-state index in [1.807, 2.05) is 6.92 Å². The van der Waals surface area contributed by atoms with Crippen molar-refractivity contribution in [3.63, 3.8) is 0 Å². The molecule has 0 aromatic carbocycles. The van der Waals surface area contributed by atoms with E-state index in [9.17, 15) is 61.0 Å². The lowest BCUT2D eigenvalue weighted by molar-refractivity contribution is -0.379. The van der Waals surface area contributed by atoms with E-state index >= 15 is 0 Å². The molecule has 0 bridgehead atoms. The molecule has 19 nitrogen and oxygen atoms in total. The summed E-state index contributed by atoms with van der Waals surface area (Å²) < 4.78 is 33.7. The number of rotatable bonds is 30. The Labute approximate surface area is 377 Å². The van der Waals surface area contributed by atoms with Gasteiger partial charge in [0.15, 0.2) is 18.9 Å². The van der Waals surface area contributed by atoms with Crippen molar-refractivity contribution in [2.45, 2.75) is 214 Å². The molecule has 3 rings (SSSR count). The highest BCUT2D eigenvalue weighted by molar-refractivity contribution is 5.76. The summed E-state index contributed by atoms with van der Waals surface area (Å²) in [4.78, 5) is 12.6. The van der Waals surface area contributed by atoms with Gasteiger partial charge >= 0.3 is 0 Å². The molecule has 19 heteroatoms. The summed E-state index contributed by atoms with van der Waals surface area (Å²) in [7, 11) is 0. The van der Waals surface area contributed by atoms with Crippen LogP contribution in [0.4, 0.5) is 0 Å². The zero-order valence-corrected chi connectivity index (χ0v) is 37.5. The molecule has 17 atom stereocenters. The molecule has 0 radical (unpaired) electrons. The van der Waals surface area contributed by atoms with Crippen LogP contribution in [0.1, 0.15) is 110 Å². The topological polar surface area (TPSA) is 307 Å². The molecule has 17 unspecified atom stereocenters. The Morgan fingerprint density at radius 3 is 1.53 bits per heavy atom. The van der Waals surface area contributed by atoms with Gasteiger partial charge in [-0.05, 0) is 44.9 Å². The first-order valence-corrected chi connectivity index (χ1v) is 23.2. The first kappa shape index (κ1) is 56.3. The lowest BCUT2D eigenvalue weighted by Crippen LogP contribution is -2.66. The first-order chi connectivity index (χ1) is 30.8. The van der Waals surface area contributed by atoms with Gasteiger partial charge in [-0.25, -0.2) is 0 Å². The van der Waals surface area contributed by atoms with Crippen LogP contribution in [0.3, 0.4) is 0 Å². The van der Waals surface area contributed by atoms with Gasteiger partial charge in [0.2, 0.25) is 5.91 Å². The molecule has 0 aromatic rings. The minimum atomic E-state index is -1.98. The fourth-order valence-electron chi connectivity index (χ4n) is 7.73. The van der Waals surface area contributed by atoms with Crippen LogP contribution in [0, 0.1) is 0 Å². The largest absolute Gasteiger partial charge is 0.394 e. The third kappa shape index (κ3) is 17.9. The SMILES string of the molecule is CCCCCCCCCC/C=C/CC/C=C/CC/C=C/C(O)C(COC1OC(CO)C(OC2OC(CO)C(OC3OC(CO)C(O)C(O)C3O)C(O)C2O)C(O)C1O)NC(=O)CCC. The summed E-state index contributed by atoms with van der Waals surface area (Å²) >= 11 is 0. The van der Waals surface area contributed by atoms with E-state index in [4.69, 9.17) is 28.4 Å². The maximum absolute atomic E-state index is 12.6. The smallest absolute Gasteiger partial charge is 0.220 e. The van der Waals surface area contributed by atoms with Gasteiger partial charge in [-0.1, -0.05) is 95.2 Å². The zero-order valence-electron chi connectivity index (χ0n) is 37.5. The van der Waals surface area contributed by atoms with Gasteiger partial charge in [0, 0.05) is 6.42 Å². The van der Waals surface area contributed by atoms with Gasteiger partial charge in [-0.3, -0.25) is 4.79 Å². The molecule has 3 fully saturated rings. The number of hydrogen-bond donors (Lipinski definition) is 12. The van der Waals surface area contributed by atoms with E-state index in [0.717, 1.165) is 25.7 Å². The second-order valence-corrected chi connectivity index (χ2v) is 16.8. The fourth-order valence-corrected chi connectivity index (χ4v) is 7.73. The predicted molar refractivity (Wildman–Crippen MR) is 231 cm³/mol. The number of unbranched alkanes of at least 4 members (excludes halogenated alkanes) is 10. The molecule has 0 spiro atoms. The minimum Gasteiger partial charge on any atom is -0.394 e. The van der Waals surface area contributed by atoms with E-state index in [-0.39, 0.29) is 18.9 Å². The first-order valence-electron chi connectivity index (χ1n) is 23.2. The van der Waals surface area contributed by atoms with Crippen LogP contribution in [-0.2, 0) is 33.2 Å². The molecule has 3 saturated heterocycles. The maximum Gasteiger partial charge on any atom is 0.220 e. The summed E-state index contributed by atoms with van der Waals surface area (Å²) in [6.07, 6.45) is 0.829. The van der Waals surface area contributed by atoms with Gasteiger partial charge in [0.05, 0.1) is 38.6 Å². The van der Waals surface area contributed by atoms with Crippen LogP contribution in [-0.4, -0.2) is 193 Å². The average molecular weight is 922 g/mol. The second-order valence-electron chi connectivity index (χ2n) is 16.8. The summed E-state index contributed by atoms with van der Waals surface area (Å²) in [6.45, 7) is 1.25. The Balaban J connectivity index is 1.49. The van der Waals surface area contributed by atoms with Crippen molar-refractivity contribution >= 4 is 5.91 Å². The lowest BCUT2D eigenvalue weighted by atomic mass is 9.96. The standard InChI is InChI=1S/C45H79NO18/c1-3-5-6-7-8-9-10-11-12-13-14-15-16-17-18-19-20-21-23-29(50)28(46-33(51)22-4-2)27-59-43-39(57)36(54)41(31(25-48)61-43)64-45-40(58)37(55)42(32(26-49)62-45)63-44-38(56)35(53)34(52)30(24-47)60-44/h13-14,17-18,21,23,28-32,34-45,47-50,52-58H,3-12,15-16,19-20,22,24-27H2,1-2H3,(H,46,51)/b14-13+,18-17+,23-21+. The number of aliphatic hydroxyl groups excluding tert-OH is 11. The van der Waals surface area contributed by atoms with Crippen LogP contribution >= 0.6 is 0 Å². The van der Waals surface area contributed by atoms with Crippen molar-refractivity contribution in [3.8, 4) is 0 Å². The number of hydrogen-bond acceptors (Lipinski definition) is 18. The number of carbonyl (C=O) groups excluding carboxylic acids is 1. The molecular weight excluding hydrogens is 842 g/mol. The van der Waals surface area contributed by atoms with Crippen molar-refractivity contribution in [2.24, 2.45) is 0 Å². The van der Waals surface area contributed by atoms with Crippen LogP contribution in [0.25, 0.3) is 0 Å². The predicted octanol–water partition coefficient (Wildman–Crippen LogP) is -0.143. The maximum atomic E-state index is 12.6. The zero-order chi connectivity index (χ0) is 47.0. The second kappa shape index (κ2) is 31.1. The lowest BCUT2D eigenvalue weighted by Gasteiger charge is -2.48. The third-order valence-corrected chi connectivity index (χ3v) is 11.6. The highest BCUT2D eigenvalue weighted by Gasteiger charge is 2.53. The van der Waals surface area contributed by atoms with E-state index in [1.165, 1.54) is 51.4 Å². The molecule has 12 N–H and O–H groups in total. The Morgan fingerprint density at radius 1 is 0.547 bits per heavy atom. The van der Waals surface area contributed by atoms with Crippen molar-refractivity contribution in [3.05, 3.63) is 36.5 Å². The van der Waals surface area contributed by atoms with E-state index < -0.39 is 124 Å². The Kier molecular flexibility index (Phi) is 27.4. The number of ether oxygens (including phenoxy) is 6. The highest BCUT2D eigenvalue weighted by atomic mass is 16.8. The molecule has 0 aromatic heterocycles. The van der Waals surface area contributed by atoms with Crippen molar-refractivity contribution in [1.82, 2.24) is 5.32 Å². The van der Waals surface area contributed by atoms with E-state index in [2.05, 4.69) is 36.5 Å². The van der Waals surface area contributed by atoms with Gasteiger partial charge in [0.1, 0.15) is 73.2 Å². The summed E-state index contributed by atoms with van der Waals surface area (Å²) in [5.41, 5.74) is 0. The van der Waals surface area contributed by atoms with Crippen LogP contribution in [0.5, 0.6) is 0 Å². The van der Waals surface area contributed by atoms with Crippen LogP contribution in [0.15, 0.2) is 36.5 Å². The third-order valence-electron chi connectivity index (χ3n) is 11.6. The molecule has 0 saturated carbocycles. The quantitative estimate of drug-likeness (QED) is 0.0330. The molecule has 3 aliphatic heterocycles. The molecule has 64 heavy (non-hydrogen) atoms. The number of nitrogens with one attached hydrogen (secondary N) is 1. The van der Waals surface area contributed by atoms with Crippen molar-refractivity contribution in [1.29, 1.82) is 0 Å². The van der Waals surface area contributed by atoms with Crippen molar-refractivity contribution < 1.29 is 89.4 Å². The van der Waals surface area contributed by atoms with E-state index in [0.29, 0.717) is 12.8 Å². The minimum absolute atomic E-state index is 0.181. The molecular formula is C45H79NO18. The Bertz CT molecular complexity index is 1340. The monoisotopic (exact) mass is 922 g/mol. The van der Waals surface area contributed by atoms with Gasteiger partial charge in [-0.2, -0.15) is 0 Å². The molecule has 0 aliphatic carbocycles. The Morgan fingerprint density at radius 2 is 1.00 bits per heavy atom. The summed E-state index contributed by atoms with van der Waals surface area (Å²) in [5, 5.41) is 118. The van der Waals surface area contributed by atoms with Gasteiger partial charge < -0.3 is 89.9 Å². The molecule has 3 heterocycles. The summed E-state index contributed by atoms with van der Waals surface area (Å²) in [5.74, 6) is -0.347. The average Bonchev–Trinajstić information content (AvgIpc) is 3.28. The number of allylic oxidation sites excluding steroid dienone is 5. The summed E-state index contributed by atoms with van der Waals surface area (Å²) in [6, 6.07) is -0.987. The molecule has 372 valence electrons.